The van der Waals surface area contributed by atoms with Gasteiger partial charge < -0.3 is 41.3 Å². The zero-order valence-electron chi connectivity index (χ0n) is 13.0. The van der Waals surface area contributed by atoms with Gasteiger partial charge in [0.05, 0.1) is 18.7 Å². The van der Waals surface area contributed by atoms with Gasteiger partial charge >= 0.3 is 0 Å². The van der Waals surface area contributed by atoms with Crippen molar-refractivity contribution in [3.05, 3.63) is 11.2 Å². The van der Waals surface area contributed by atoms with Gasteiger partial charge in [0.15, 0.2) is 0 Å². The summed E-state index contributed by atoms with van der Waals surface area (Å²) in [5.41, 5.74) is 5.82. The Morgan fingerprint density at radius 3 is 2.42 bits per heavy atom. The highest BCUT2D eigenvalue weighted by atomic mass is 35.5. The fourth-order valence-corrected chi connectivity index (χ4v) is 2.99. The molecule has 2 aliphatic heterocycles. The Balaban J connectivity index is 2.21. The lowest BCUT2D eigenvalue weighted by Crippen LogP contribution is -2.60. The van der Waals surface area contributed by atoms with Gasteiger partial charge in [-0.1, -0.05) is 11.6 Å². The first-order chi connectivity index (χ1) is 11.3. The monoisotopic (exact) mass is 366 g/mol. The summed E-state index contributed by atoms with van der Waals surface area (Å²) in [6, 6.07) is -1.02. The number of ether oxygens (including phenoxy) is 1. The molecule has 10 nitrogen and oxygen atoms in total. The van der Waals surface area contributed by atoms with Crippen LogP contribution in [0.15, 0.2) is 16.2 Å². The highest BCUT2D eigenvalue weighted by molar-refractivity contribution is 6.30. The fourth-order valence-electron chi connectivity index (χ4n) is 2.76. The number of aliphatic hydroxyl groups is 5. The third kappa shape index (κ3) is 3.87. The molecule has 1 fully saturated rings. The van der Waals surface area contributed by atoms with Crippen molar-refractivity contribution in [2.45, 2.75) is 48.8 Å². The maximum Gasteiger partial charge on any atom is 0.138 e. The van der Waals surface area contributed by atoms with Crippen molar-refractivity contribution in [1.82, 2.24) is 10.6 Å². The summed E-state index contributed by atoms with van der Waals surface area (Å²) in [6.07, 6.45) is -7.38. The van der Waals surface area contributed by atoms with Crippen LogP contribution in [0.2, 0.25) is 0 Å². The number of nitrogens with zero attached hydrogens (tertiary/aromatic N) is 1. The Morgan fingerprint density at radius 2 is 1.83 bits per heavy atom. The number of nitrogens with two attached hydrogens (primary N) is 1. The quantitative estimate of drug-likeness (QED) is 0.232. The molecule has 11 heteroatoms. The molecule has 2 rings (SSSR count). The van der Waals surface area contributed by atoms with Crippen LogP contribution in [-0.4, -0.2) is 93.9 Å². The maximum atomic E-state index is 10.2. The maximum absolute atomic E-state index is 10.2. The molecule has 138 valence electrons. The summed E-state index contributed by atoms with van der Waals surface area (Å²) in [6.45, 7) is -0.615. The number of hydrogen-bond donors (Lipinski definition) is 8. The second-order valence-corrected chi connectivity index (χ2v) is 6.11. The van der Waals surface area contributed by atoms with Crippen LogP contribution < -0.4 is 16.4 Å². The summed E-state index contributed by atoms with van der Waals surface area (Å²) < 4.78 is 5.43. The Morgan fingerprint density at radius 1 is 1.21 bits per heavy atom. The average Bonchev–Trinajstić information content (AvgIpc) is 2.61. The number of nitrogens with one attached hydrogen (secondary N) is 2. The molecule has 0 amide bonds. The SMILES string of the molecule is CNC1C(N)=NC(Cl)=CC1N[C@@H]1O[C@H](CO)[C@@H](O)[C@H](O)[C@@H](O)[C@H]1O. The highest BCUT2D eigenvalue weighted by Gasteiger charge is 2.45. The van der Waals surface area contributed by atoms with Crippen LogP contribution >= 0.6 is 11.6 Å². The minimum atomic E-state index is -1.68. The molecule has 0 saturated carbocycles. The predicted octanol–water partition coefficient (Wildman–Crippen LogP) is -3.86. The molecule has 0 aromatic carbocycles. The van der Waals surface area contributed by atoms with E-state index in [2.05, 4.69) is 15.6 Å². The molecular formula is C13H23ClN4O6. The molecule has 0 aliphatic carbocycles. The van der Waals surface area contributed by atoms with Crippen LogP contribution in [0.1, 0.15) is 0 Å². The van der Waals surface area contributed by atoms with Gasteiger partial charge in [0.25, 0.3) is 0 Å². The smallest absolute Gasteiger partial charge is 0.138 e. The van der Waals surface area contributed by atoms with Crippen molar-refractivity contribution in [2.24, 2.45) is 10.7 Å². The van der Waals surface area contributed by atoms with Crippen LogP contribution in [0.5, 0.6) is 0 Å². The van der Waals surface area contributed by atoms with Gasteiger partial charge in [0, 0.05) is 0 Å². The van der Waals surface area contributed by atoms with E-state index in [1.54, 1.807) is 7.05 Å². The van der Waals surface area contributed by atoms with Crippen LogP contribution in [0.4, 0.5) is 0 Å². The van der Waals surface area contributed by atoms with Crippen molar-refractivity contribution in [3.8, 4) is 0 Å². The molecule has 8 atom stereocenters. The molecule has 0 aromatic rings. The second-order valence-electron chi connectivity index (χ2n) is 5.72. The number of likely N-dealkylation sites (N-methyl/N-ethyl adjacent to an activating group) is 1. The zero-order chi connectivity index (χ0) is 18.0. The van der Waals surface area contributed by atoms with E-state index < -0.39 is 55.4 Å². The van der Waals surface area contributed by atoms with E-state index in [9.17, 15) is 25.5 Å². The molecule has 2 heterocycles. The summed E-state index contributed by atoms with van der Waals surface area (Å²) in [5, 5.41) is 55.2. The first-order valence-electron chi connectivity index (χ1n) is 7.43. The highest BCUT2D eigenvalue weighted by Crippen LogP contribution is 2.22. The number of aliphatic imine (C=N–C) groups is 1. The fraction of sp³-hybridized carbons (Fsp3) is 0.769. The Kier molecular flexibility index (Phi) is 6.53. The lowest BCUT2D eigenvalue weighted by molar-refractivity contribution is -0.134. The van der Waals surface area contributed by atoms with Crippen LogP contribution in [0, 0.1) is 0 Å². The second kappa shape index (κ2) is 8.04. The van der Waals surface area contributed by atoms with Gasteiger partial charge in [-0.2, -0.15) is 0 Å². The third-order valence-corrected chi connectivity index (χ3v) is 4.35. The Bertz CT molecular complexity index is 505. The molecule has 2 aliphatic rings. The van der Waals surface area contributed by atoms with Gasteiger partial charge in [0.2, 0.25) is 0 Å². The number of aliphatic hydroxyl groups excluding tert-OH is 5. The molecule has 24 heavy (non-hydrogen) atoms. The Hall–Kier alpha value is -0.820. The molecule has 2 unspecified atom stereocenters. The summed E-state index contributed by atoms with van der Waals surface area (Å²) in [5.74, 6) is 0.213. The van der Waals surface area contributed by atoms with E-state index in [0.717, 1.165) is 0 Å². The minimum Gasteiger partial charge on any atom is -0.394 e. The molecule has 0 radical (unpaired) electrons. The summed E-state index contributed by atoms with van der Waals surface area (Å²) in [4.78, 5) is 3.93. The number of halogens is 1. The van der Waals surface area contributed by atoms with Gasteiger partial charge in [0.1, 0.15) is 47.7 Å². The van der Waals surface area contributed by atoms with Crippen LogP contribution in [0.25, 0.3) is 0 Å². The van der Waals surface area contributed by atoms with Crippen LogP contribution in [-0.2, 0) is 4.74 Å². The molecule has 9 N–H and O–H groups in total. The normalized spacial score (nSPS) is 43.8. The van der Waals surface area contributed by atoms with Crippen LogP contribution in [0.3, 0.4) is 0 Å². The van der Waals surface area contributed by atoms with Crippen molar-refractivity contribution < 1.29 is 30.3 Å². The zero-order valence-corrected chi connectivity index (χ0v) is 13.7. The third-order valence-electron chi connectivity index (χ3n) is 4.14. The number of rotatable bonds is 4. The molecular weight excluding hydrogens is 344 g/mol. The van der Waals surface area contributed by atoms with Crippen molar-refractivity contribution >= 4 is 17.4 Å². The number of amidine groups is 1. The van der Waals surface area contributed by atoms with E-state index in [1.807, 2.05) is 0 Å². The van der Waals surface area contributed by atoms with Gasteiger partial charge in [-0.3, -0.25) is 5.32 Å². The van der Waals surface area contributed by atoms with Gasteiger partial charge in [-0.15, -0.1) is 0 Å². The molecule has 0 bridgehead atoms. The van der Waals surface area contributed by atoms with E-state index >= 15 is 0 Å². The van der Waals surface area contributed by atoms with E-state index in [0.29, 0.717) is 0 Å². The standard InChI is InChI=1S/C13H23ClN4O6/c1-16-7-4(2-6(14)18-12(7)15)17-13-11(23)10(22)9(21)8(20)5(3-19)24-13/h2,4-5,7-11,13,16-17,19-23H,3H2,1H3,(H2,15,18)/t4?,5-,7?,8-,9+,10-,11-,13-/m1/s1. The summed E-state index contributed by atoms with van der Waals surface area (Å²) in [7, 11) is 1.65. The first-order valence-corrected chi connectivity index (χ1v) is 7.81. The predicted molar refractivity (Wildman–Crippen MR) is 85.1 cm³/mol. The lowest BCUT2D eigenvalue weighted by Gasteiger charge is -2.34. The van der Waals surface area contributed by atoms with E-state index in [-0.39, 0.29) is 11.0 Å². The van der Waals surface area contributed by atoms with Crippen molar-refractivity contribution in [3.63, 3.8) is 0 Å². The lowest BCUT2D eigenvalue weighted by atomic mass is 10.00. The summed E-state index contributed by atoms with van der Waals surface area (Å²) >= 11 is 5.90. The molecule has 0 aromatic heterocycles. The Labute approximate surface area is 143 Å². The molecule has 1 saturated heterocycles. The first kappa shape index (κ1) is 19.5. The topological polar surface area (TPSA) is 173 Å². The van der Waals surface area contributed by atoms with Gasteiger partial charge in [-0.25, -0.2) is 4.99 Å². The van der Waals surface area contributed by atoms with E-state index in [4.69, 9.17) is 22.1 Å². The van der Waals surface area contributed by atoms with Crippen molar-refractivity contribution in [1.29, 1.82) is 0 Å². The number of hydrogen-bond acceptors (Lipinski definition) is 10. The average molecular weight is 367 g/mol. The van der Waals surface area contributed by atoms with E-state index in [1.165, 1.54) is 6.08 Å². The van der Waals surface area contributed by atoms with Gasteiger partial charge in [-0.05, 0) is 13.1 Å². The molecule has 0 spiro atoms. The largest absolute Gasteiger partial charge is 0.394 e. The minimum absolute atomic E-state index is 0.138. The van der Waals surface area contributed by atoms with Crippen molar-refractivity contribution in [2.75, 3.05) is 13.7 Å².